The van der Waals surface area contributed by atoms with Gasteiger partial charge in [0.05, 0.1) is 11.1 Å². The van der Waals surface area contributed by atoms with Gasteiger partial charge >= 0.3 is 11.9 Å². The van der Waals surface area contributed by atoms with Crippen LogP contribution in [-0.2, 0) is 4.84 Å². The second-order valence-corrected chi connectivity index (χ2v) is 2.54. The molecule has 80 valence electrons. The van der Waals surface area contributed by atoms with Crippen molar-refractivity contribution in [2.45, 2.75) is 0 Å². The van der Waals surface area contributed by atoms with Gasteiger partial charge in [0, 0.05) is 0 Å². The maximum absolute atomic E-state index is 11.0. The average molecular weight is 213 g/mol. The van der Waals surface area contributed by atoms with Crippen molar-refractivity contribution in [1.29, 1.82) is 0 Å². The molecule has 0 aliphatic carbocycles. The van der Waals surface area contributed by atoms with Crippen LogP contribution in [0.5, 0.6) is 0 Å². The molecule has 7 heteroatoms. The van der Waals surface area contributed by atoms with E-state index in [-0.39, 0.29) is 11.1 Å². The molecule has 0 saturated carbocycles. The van der Waals surface area contributed by atoms with Gasteiger partial charge in [-0.25, -0.2) is 14.4 Å². The van der Waals surface area contributed by atoms with E-state index in [0.29, 0.717) is 0 Å². The van der Waals surface area contributed by atoms with Gasteiger partial charge in [-0.2, -0.15) is 5.21 Å². The lowest BCUT2D eigenvalue weighted by atomic mass is 10.1. The van der Waals surface area contributed by atoms with E-state index in [9.17, 15) is 14.8 Å². The molecule has 0 aliphatic heterocycles. The molecule has 1 aromatic carbocycles. The zero-order valence-corrected chi connectivity index (χ0v) is 7.34. The fourth-order valence-electron chi connectivity index (χ4n) is 0.887. The maximum Gasteiger partial charge on any atom is 0.402 e. The SMILES string of the molecule is O=C(O)c1ccc(C(=O)O[NH+]([O-])O)cc1. The molecule has 0 aromatic heterocycles. The second-order valence-electron chi connectivity index (χ2n) is 2.54. The summed E-state index contributed by atoms with van der Waals surface area (Å²) in [6.07, 6.45) is 0. The van der Waals surface area contributed by atoms with E-state index >= 15 is 0 Å². The van der Waals surface area contributed by atoms with Gasteiger partial charge < -0.3 is 10.3 Å². The lowest BCUT2D eigenvalue weighted by Crippen LogP contribution is -3.04. The van der Waals surface area contributed by atoms with Gasteiger partial charge in [-0.1, -0.05) is 0 Å². The molecule has 0 bridgehead atoms. The van der Waals surface area contributed by atoms with Crippen LogP contribution in [-0.4, -0.2) is 22.3 Å². The van der Waals surface area contributed by atoms with E-state index in [1.807, 2.05) is 0 Å². The first-order valence-electron chi connectivity index (χ1n) is 3.79. The Kier molecular flexibility index (Phi) is 3.34. The Morgan fingerprint density at radius 1 is 1.20 bits per heavy atom. The first-order chi connectivity index (χ1) is 7.00. The van der Waals surface area contributed by atoms with E-state index in [1.165, 1.54) is 24.3 Å². The standard InChI is InChI=1S/C8H7NO6/c10-7(11)5-1-3-6(4-2-5)8(12)15-9(13)14/h1-4,9,13H,(H,10,11). The van der Waals surface area contributed by atoms with Crippen molar-refractivity contribution < 1.29 is 30.1 Å². The fourth-order valence-corrected chi connectivity index (χ4v) is 0.887. The number of benzene rings is 1. The van der Waals surface area contributed by atoms with Crippen molar-refractivity contribution in [2.24, 2.45) is 0 Å². The quantitative estimate of drug-likeness (QED) is 0.568. The first-order valence-corrected chi connectivity index (χ1v) is 3.79. The molecule has 0 spiro atoms. The number of carboxylic acids is 1. The number of carbonyl (C=O) groups excluding carboxylic acids is 1. The molecule has 0 heterocycles. The summed E-state index contributed by atoms with van der Waals surface area (Å²) in [4.78, 5) is 25.3. The van der Waals surface area contributed by atoms with Crippen molar-refractivity contribution >= 4 is 11.9 Å². The van der Waals surface area contributed by atoms with Crippen LogP contribution in [0.1, 0.15) is 20.7 Å². The van der Waals surface area contributed by atoms with Crippen LogP contribution < -0.4 is 5.39 Å². The Morgan fingerprint density at radius 3 is 2.07 bits per heavy atom. The maximum atomic E-state index is 11.0. The number of carboxylic acid groups (broad SMARTS) is 1. The molecule has 0 fully saturated rings. The number of rotatable bonds is 3. The van der Waals surface area contributed by atoms with Crippen LogP contribution in [0.15, 0.2) is 24.3 Å². The van der Waals surface area contributed by atoms with Gasteiger partial charge in [0.2, 0.25) is 0 Å². The Bertz CT molecular complexity index is 371. The molecule has 1 atom stereocenters. The van der Waals surface area contributed by atoms with Crippen LogP contribution in [0.25, 0.3) is 0 Å². The van der Waals surface area contributed by atoms with E-state index in [4.69, 9.17) is 10.3 Å². The van der Waals surface area contributed by atoms with Gasteiger partial charge in [-0.05, 0) is 29.7 Å². The molecule has 0 amide bonds. The van der Waals surface area contributed by atoms with Crippen LogP contribution in [0.2, 0.25) is 0 Å². The third kappa shape index (κ3) is 3.02. The zero-order chi connectivity index (χ0) is 11.4. The normalized spacial score (nSPS) is 11.9. The Hall–Kier alpha value is -1.96. The van der Waals surface area contributed by atoms with Crippen LogP contribution in [0, 0.1) is 5.21 Å². The number of carbonyl (C=O) groups is 2. The van der Waals surface area contributed by atoms with Crippen molar-refractivity contribution in [3.63, 3.8) is 0 Å². The van der Waals surface area contributed by atoms with Gasteiger partial charge in [-0.15, -0.1) is 0 Å². The highest BCUT2D eigenvalue weighted by Crippen LogP contribution is 2.04. The summed E-state index contributed by atoms with van der Waals surface area (Å²) in [5, 5.41) is 25.0. The lowest BCUT2D eigenvalue weighted by molar-refractivity contribution is -1.19. The van der Waals surface area contributed by atoms with Crippen molar-refractivity contribution in [2.75, 3.05) is 0 Å². The topological polar surface area (TPSA) is 111 Å². The molecule has 1 aromatic rings. The van der Waals surface area contributed by atoms with Crippen molar-refractivity contribution in [3.05, 3.63) is 40.6 Å². The summed E-state index contributed by atoms with van der Waals surface area (Å²) in [6.45, 7) is 0. The van der Waals surface area contributed by atoms with Gasteiger partial charge in [0.25, 0.3) is 0 Å². The Labute approximate surface area is 83.6 Å². The van der Waals surface area contributed by atoms with E-state index in [0.717, 1.165) is 0 Å². The van der Waals surface area contributed by atoms with Crippen LogP contribution >= 0.6 is 0 Å². The summed E-state index contributed by atoms with van der Waals surface area (Å²) in [7, 11) is 0. The van der Waals surface area contributed by atoms with Crippen LogP contribution in [0.4, 0.5) is 0 Å². The second kappa shape index (κ2) is 4.51. The first kappa shape index (κ1) is 11.1. The van der Waals surface area contributed by atoms with Gasteiger partial charge in [0.1, 0.15) is 0 Å². The van der Waals surface area contributed by atoms with Crippen LogP contribution in [0.3, 0.4) is 0 Å². The summed E-state index contributed by atoms with van der Waals surface area (Å²) < 4.78 is 0. The number of aromatic carboxylic acids is 1. The zero-order valence-electron chi connectivity index (χ0n) is 7.34. The monoisotopic (exact) mass is 213 g/mol. The summed E-state index contributed by atoms with van der Waals surface area (Å²) in [5.74, 6) is -2.17. The molecule has 3 N–H and O–H groups in total. The van der Waals surface area contributed by atoms with E-state index in [1.54, 1.807) is 0 Å². The lowest BCUT2D eigenvalue weighted by Gasteiger charge is -2.09. The molecule has 0 aliphatic rings. The minimum Gasteiger partial charge on any atom is -0.557 e. The molecule has 1 rings (SSSR count). The van der Waals surface area contributed by atoms with Gasteiger partial charge in [-0.3, -0.25) is 0 Å². The number of hydrogen-bond acceptors (Lipinski definition) is 5. The minimum atomic E-state index is -1.71. The summed E-state index contributed by atoms with van der Waals surface area (Å²) in [5.41, 5.74) is -0.0238. The third-order valence-electron chi connectivity index (χ3n) is 1.55. The molecule has 0 saturated heterocycles. The molecule has 7 nitrogen and oxygen atoms in total. The summed E-state index contributed by atoms with van der Waals surface area (Å²) >= 11 is 0. The number of nitrogens with one attached hydrogen (secondary N) is 1. The highest BCUT2D eigenvalue weighted by Gasteiger charge is 2.12. The smallest absolute Gasteiger partial charge is 0.402 e. The molecule has 15 heavy (non-hydrogen) atoms. The van der Waals surface area contributed by atoms with E-state index in [2.05, 4.69) is 4.84 Å². The van der Waals surface area contributed by atoms with Gasteiger partial charge in [0.15, 0.2) is 0 Å². The summed E-state index contributed by atoms with van der Waals surface area (Å²) in [6, 6.07) is 4.71. The highest BCUT2D eigenvalue weighted by molar-refractivity contribution is 5.92. The molecular weight excluding hydrogens is 206 g/mol. The Balaban J connectivity index is 2.80. The van der Waals surface area contributed by atoms with E-state index < -0.39 is 17.3 Å². The predicted octanol–water partition coefficient (Wildman–Crippen LogP) is -0.771. The average Bonchev–Trinajstić information content (AvgIpc) is 2.17. The molecule has 1 unspecified atom stereocenters. The Morgan fingerprint density at radius 2 is 1.67 bits per heavy atom. The van der Waals surface area contributed by atoms with Crippen molar-refractivity contribution in [3.8, 4) is 0 Å². The predicted molar refractivity (Wildman–Crippen MR) is 44.9 cm³/mol. The molecular formula is C8H7NO6. The fraction of sp³-hybridized carbons (Fsp3) is 0. The van der Waals surface area contributed by atoms with Crippen molar-refractivity contribution in [1.82, 2.24) is 0 Å². The molecule has 0 radical (unpaired) electrons. The highest BCUT2D eigenvalue weighted by atomic mass is 17.1. The number of quaternary nitrogens is 1. The minimum absolute atomic E-state index is 0.00174. The third-order valence-corrected chi connectivity index (χ3v) is 1.55. The largest absolute Gasteiger partial charge is 0.557 e. The number of hydrogen-bond donors (Lipinski definition) is 3.